The normalized spacial score (nSPS) is 10.6. The molecule has 0 aliphatic carbocycles. The van der Waals surface area contributed by atoms with E-state index < -0.39 is 0 Å². The minimum absolute atomic E-state index is 0.173. The van der Waals surface area contributed by atoms with Crippen molar-refractivity contribution in [3.63, 3.8) is 0 Å². The Balaban J connectivity index is 1.63. The van der Waals surface area contributed by atoms with Gasteiger partial charge in [-0.1, -0.05) is 28.9 Å². The second-order valence-electron chi connectivity index (χ2n) is 5.42. The van der Waals surface area contributed by atoms with E-state index in [1.54, 1.807) is 42.5 Å². The maximum Gasteiger partial charge on any atom is 0.275 e. The molecule has 2 heterocycles. The Morgan fingerprint density at radius 3 is 2.58 bits per heavy atom. The molecule has 3 rings (SSSR count). The Hall–Kier alpha value is -2.66. The number of aromatic nitrogens is 2. The number of pyridine rings is 1. The fourth-order valence-corrected chi connectivity index (χ4v) is 2.40. The summed E-state index contributed by atoms with van der Waals surface area (Å²) in [7, 11) is 1.75. The third kappa shape index (κ3) is 3.81. The summed E-state index contributed by atoms with van der Waals surface area (Å²) in [6.07, 6.45) is 4.07. The highest BCUT2D eigenvalue weighted by molar-refractivity contribution is 6.30. The fraction of sp³-hybridized carbons (Fsp3) is 0.167. The van der Waals surface area contributed by atoms with Crippen LogP contribution in [0.4, 0.5) is 0 Å². The summed E-state index contributed by atoms with van der Waals surface area (Å²) in [5.74, 6) is 0.375. The number of hydrogen-bond donors (Lipinski definition) is 0. The molecule has 1 amide bonds. The summed E-state index contributed by atoms with van der Waals surface area (Å²) in [5.41, 5.74) is 2.25. The first-order chi connectivity index (χ1) is 11.6. The van der Waals surface area contributed by atoms with Crippen LogP contribution in [0.1, 0.15) is 16.1 Å². The molecule has 0 aliphatic heterocycles. The van der Waals surface area contributed by atoms with Crippen LogP contribution in [0.3, 0.4) is 0 Å². The Morgan fingerprint density at radius 2 is 1.88 bits per heavy atom. The lowest BCUT2D eigenvalue weighted by atomic mass is 10.1. The van der Waals surface area contributed by atoms with Crippen molar-refractivity contribution in [1.29, 1.82) is 0 Å². The molecule has 122 valence electrons. The molecule has 1 aromatic carbocycles. The molecule has 0 aliphatic rings. The molecule has 0 unspecified atom stereocenters. The van der Waals surface area contributed by atoms with Gasteiger partial charge in [0.1, 0.15) is 0 Å². The van der Waals surface area contributed by atoms with Gasteiger partial charge in [-0.15, -0.1) is 0 Å². The quantitative estimate of drug-likeness (QED) is 0.710. The van der Waals surface area contributed by atoms with Gasteiger partial charge in [0.05, 0.1) is 0 Å². The molecule has 0 atom stereocenters. The average Bonchev–Trinajstić information content (AvgIpc) is 3.11. The van der Waals surface area contributed by atoms with Crippen molar-refractivity contribution in [2.24, 2.45) is 0 Å². The van der Waals surface area contributed by atoms with Gasteiger partial charge >= 0.3 is 0 Å². The van der Waals surface area contributed by atoms with Gasteiger partial charge in [0.15, 0.2) is 11.5 Å². The standard InChI is InChI=1S/C18H16ClN3O2/c1-22(11-8-13-2-4-15(19)5-3-13)18(23)16-12-17(24-21-16)14-6-9-20-10-7-14/h2-7,9-10,12H,8,11H2,1H3. The lowest BCUT2D eigenvalue weighted by Crippen LogP contribution is -2.29. The maximum absolute atomic E-state index is 12.4. The molecule has 5 nitrogen and oxygen atoms in total. The number of carbonyl (C=O) groups is 1. The van der Waals surface area contributed by atoms with Gasteiger partial charge in [-0.05, 0) is 36.2 Å². The SMILES string of the molecule is CN(CCc1ccc(Cl)cc1)C(=O)c1cc(-c2ccncc2)on1. The molecular weight excluding hydrogens is 326 g/mol. The zero-order valence-corrected chi connectivity index (χ0v) is 13.9. The Bertz CT molecular complexity index is 816. The largest absolute Gasteiger partial charge is 0.355 e. The molecule has 0 radical (unpaired) electrons. The number of nitrogens with zero attached hydrogens (tertiary/aromatic N) is 3. The Labute approximate surface area is 144 Å². The van der Waals surface area contributed by atoms with Gasteiger partial charge in [0.25, 0.3) is 5.91 Å². The molecule has 0 bridgehead atoms. The summed E-state index contributed by atoms with van der Waals surface area (Å²) in [6, 6.07) is 12.9. The van der Waals surface area contributed by atoms with E-state index in [9.17, 15) is 4.79 Å². The molecule has 0 saturated heterocycles. The predicted octanol–water partition coefficient (Wildman–Crippen LogP) is 3.70. The van der Waals surface area contributed by atoms with Gasteiger partial charge in [0.2, 0.25) is 0 Å². The van der Waals surface area contributed by atoms with Crippen molar-refractivity contribution in [2.75, 3.05) is 13.6 Å². The van der Waals surface area contributed by atoms with Crippen molar-refractivity contribution in [2.45, 2.75) is 6.42 Å². The predicted molar refractivity (Wildman–Crippen MR) is 91.9 cm³/mol. The Morgan fingerprint density at radius 1 is 1.17 bits per heavy atom. The number of halogens is 1. The number of benzene rings is 1. The summed E-state index contributed by atoms with van der Waals surface area (Å²) in [4.78, 5) is 18.0. The monoisotopic (exact) mass is 341 g/mol. The number of carbonyl (C=O) groups excluding carboxylic acids is 1. The van der Waals surface area contributed by atoms with E-state index in [0.717, 1.165) is 17.5 Å². The van der Waals surface area contributed by atoms with E-state index in [1.807, 2.05) is 24.3 Å². The number of likely N-dealkylation sites (N-methyl/N-ethyl adjacent to an activating group) is 1. The molecular formula is C18H16ClN3O2. The lowest BCUT2D eigenvalue weighted by molar-refractivity contribution is 0.0786. The van der Waals surface area contributed by atoms with Crippen LogP contribution in [0.25, 0.3) is 11.3 Å². The van der Waals surface area contributed by atoms with Crippen LogP contribution < -0.4 is 0 Å². The van der Waals surface area contributed by atoms with Gasteiger partial charge < -0.3 is 9.42 Å². The maximum atomic E-state index is 12.4. The second-order valence-corrected chi connectivity index (χ2v) is 5.85. The van der Waals surface area contributed by atoms with Crippen LogP contribution in [0.5, 0.6) is 0 Å². The van der Waals surface area contributed by atoms with Crippen molar-refractivity contribution < 1.29 is 9.32 Å². The topological polar surface area (TPSA) is 59.2 Å². The number of amides is 1. The van der Waals surface area contributed by atoms with E-state index >= 15 is 0 Å². The van der Waals surface area contributed by atoms with E-state index in [4.69, 9.17) is 16.1 Å². The summed E-state index contributed by atoms with van der Waals surface area (Å²) >= 11 is 5.87. The van der Waals surface area contributed by atoms with Crippen molar-refractivity contribution in [1.82, 2.24) is 15.0 Å². The van der Waals surface area contributed by atoms with Gasteiger partial charge in [-0.25, -0.2) is 0 Å². The highest BCUT2D eigenvalue weighted by Crippen LogP contribution is 2.19. The highest BCUT2D eigenvalue weighted by Gasteiger charge is 2.17. The van der Waals surface area contributed by atoms with Gasteiger partial charge in [-0.3, -0.25) is 9.78 Å². The zero-order valence-electron chi connectivity index (χ0n) is 13.1. The van der Waals surface area contributed by atoms with Gasteiger partial charge in [-0.2, -0.15) is 0 Å². The van der Waals surface area contributed by atoms with E-state index in [2.05, 4.69) is 10.1 Å². The third-order valence-electron chi connectivity index (χ3n) is 3.69. The summed E-state index contributed by atoms with van der Waals surface area (Å²) in [6.45, 7) is 0.581. The first kappa shape index (κ1) is 16.2. The average molecular weight is 342 g/mol. The highest BCUT2D eigenvalue weighted by atomic mass is 35.5. The van der Waals surface area contributed by atoms with Crippen molar-refractivity contribution in [3.05, 3.63) is 71.1 Å². The molecule has 24 heavy (non-hydrogen) atoms. The second kappa shape index (κ2) is 7.27. The van der Waals surface area contributed by atoms with Crippen LogP contribution in [0.15, 0.2) is 59.4 Å². The van der Waals surface area contributed by atoms with E-state index in [0.29, 0.717) is 23.0 Å². The summed E-state index contributed by atoms with van der Waals surface area (Å²) < 4.78 is 5.26. The zero-order chi connectivity index (χ0) is 16.9. The molecule has 0 N–H and O–H groups in total. The minimum Gasteiger partial charge on any atom is -0.355 e. The van der Waals surface area contributed by atoms with Crippen molar-refractivity contribution in [3.8, 4) is 11.3 Å². The number of rotatable bonds is 5. The molecule has 6 heteroatoms. The fourth-order valence-electron chi connectivity index (χ4n) is 2.27. The van der Waals surface area contributed by atoms with Crippen LogP contribution in [-0.2, 0) is 6.42 Å². The van der Waals surface area contributed by atoms with Crippen LogP contribution in [0, 0.1) is 0 Å². The molecule has 0 saturated carbocycles. The van der Waals surface area contributed by atoms with Crippen LogP contribution in [-0.4, -0.2) is 34.5 Å². The van der Waals surface area contributed by atoms with Crippen LogP contribution >= 0.6 is 11.6 Å². The van der Waals surface area contributed by atoms with Crippen LogP contribution in [0.2, 0.25) is 5.02 Å². The third-order valence-corrected chi connectivity index (χ3v) is 3.94. The minimum atomic E-state index is -0.173. The number of hydrogen-bond acceptors (Lipinski definition) is 4. The first-order valence-corrected chi connectivity index (χ1v) is 7.88. The first-order valence-electron chi connectivity index (χ1n) is 7.50. The van der Waals surface area contributed by atoms with E-state index in [1.165, 1.54) is 0 Å². The smallest absolute Gasteiger partial charge is 0.275 e. The molecule has 3 aromatic rings. The molecule has 0 fully saturated rings. The van der Waals surface area contributed by atoms with Crippen molar-refractivity contribution >= 4 is 17.5 Å². The summed E-state index contributed by atoms with van der Waals surface area (Å²) in [5, 5.41) is 4.58. The van der Waals surface area contributed by atoms with E-state index in [-0.39, 0.29) is 5.91 Å². The Kier molecular flexibility index (Phi) is 4.91. The molecule has 2 aromatic heterocycles. The lowest BCUT2D eigenvalue weighted by Gasteiger charge is -2.15. The molecule has 0 spiro atoms. The van der Waals surface area contributed by atoms with Gasteiger partial charge in [0, 0.05) is 42.6 Å².